The van der Waals surface area contributed by atoms with Gasteiger partial charge in [-0.25, -0.2) is 5.01 Å². The number of hydrogen-bond acceptors (Lipinski definition) is 7. The molecule has 0 spiro atoms. The number of fused-ring (bicyclic) bond motifs is 1. The van der Waals surface area contributed by atoms with Crippen molar-refractivity contribution in [3.05, 3.63) is 47.6 Å². The molecule has 1 atom stereocenters. The van der Waals surface area contributed by atoms with E-state index in [0.717, 1.165) is 41.5 Å². The van der Waals surface area contributed by atoms with E-state index in [9.17, 15) is 14.4 Å². The predicted molar refractivity (Wildman–Crippen MR) is 147 cm³/mol. The van der Waals surface area contributed by atoms with Crippen molar-refractivity contribution >= 4 is 63.6 Å². The average Bonchev–Trinajstić information content (AvgIpc) is 3.25. The fourth-order valence-corrected chi connectivity index (χ4v) is 5.23. The second kappa shape index (κ2) is 10.8. The summed E-state index contributed by atoms with van der Waals surface area (Å²) in [6, 6.07) is 9.18. The number of amides is 3. The molecule has 202 valence electrons. The molecule has 5 rings (SSSR count). The maximum atomic E-state index is 13.6. The Morgan fingerprint density at radius 3 is 2.72 bits per heavy atom. The van der Waals surface area contributed by atoms with Gasteiger partial charge in [0.05, 0.1) is 16.9 Å². The minimum Gasteiger partial charge on any atom is -0.324 e. The number of anilines is 3. The number of benzene rings is 2. The minimum absolute atomic E-state index is 0.254. The lowest BCUT2D eigenvalue weighted by atomic mass is 9.80. The number of aryl methyl sites for hydroxylation is 1. The van der Waals surface area contributed by atoms with Crippen LogP contribution in [0.2, 0.25) is 5.02 Å². The lowest BCUT2D eigenvalue weighted by Crippen LogP contribution is -2.60. The van der Waals surface area contributed by atoms with Crippen molar-refractivity contribution in [3.8, 4) is 0 Å². The number of carbonyl (C=O) groups excluding carboxylic acids is 3. The summed E-state index contributed by atoms with van der Waals surface area (Å²) in [4.78, 5) is 43.1. The molecule has 1 saturated carbocycles. The van der Waals surface area contributed by atoms with Crippen molar-refractivity contribution in [2.45, 2.75) is 31.7 Å². The molecule has 1 aliphatic carbocycles. The van der Waals surface area contributed by atoms with E-state index in [4.69, 9.17) is 22.5 Å². The molecule has 0 radical (unpaired) electrons. The highest BCUT2D eigenvalue weighted by atomic mass is 35.5. The quantitative estimate of drug-likeness (QED) is 0.160. The van der Waals surface area contributed by atoms with Crippen LogP contribution in [-0.4, -0.2) is 57.9 Å². The zero-order chi connectivity index (χ0) is 27.7. The van der Waals surface area contributed by atoms with Gasteiger partial charge in [0, 0.05) is 29.3 Å². The highest BCUT2D eigenvalue weighted by molar-refractivity contribution is 6.31. The zero-order valence-corrected chi connectivity index (χ0v) is 22.1. The molecule has 3 aromatic rings. The Morgan fingerprint density at radius 2 is 2.03 bits per heavy atom. The van der Waals surface area contributed by atoms with E-state index in [1.165, 1.54) is 21.9 Å². The van der Waals surface area contributed by atoms with E-state index in [2.05, 4.69) is 15.6 Å². The Labute approximate surface area is 229 Å². The molecule has 0 bridgehead atoms. The highest BCUT2D eigenvalue weighted by Crippen LogP contribution is 2.35. The van der Waals surface area contributed by atoms with Gasteiger partial charge in [-0.2, -0.15) is 10.6 Å². The second-order valence-electron chi connectivity index (χ2n) is 9.82. The van der Waals surface area contributed by atoms with Crippen LogP contribution in [0.4, 0.5) is 17.1 Å². The number of piperazine rings is 1. The molecule has 13 heteroatoms. The predicted octanol–water partition coefficient (Wildman–Crippen LogP) is 3.96. The van der Waals surface area contributed by atoms with Crippen molar-refractivity contribution in [1.29, 1.82) is 10.9 Å². The van der Waals surface area contributed by atoms with Crippen LogP contribution in [0.3, 0.4) is 0 Å². The Hall–Kier alpha value is -4.32. The molecule has 12 nitrogen and oxygen atoms in total. The monoisotopic (exact) mass is 549 g/mol. The van der Waals surface area contributed by atoms with Gasteiger partial charge in [0.15, 0.2) is 0 Å². The van der Waals surface area contributed by atoms with Crippen molar-refractivity contribution < 1.29 is 14.4 Å². The first-order chi connectivity index (χ1) is 18.8. The van der Waals surface area contributed by atoms with Crippen molar-refractivity contribution in [1.82, 2.24) is 14.7 Å². The first-order valence-corrected chi connectivity index (χ1v) is 13.0. The summed E-state index contributed by atoms with van der Waals surface area (Å²) in [7, 11) is 1.83. The molecular weight excluding hydrogens is 522 g/mol. The van der Waals surface area contributed by atoms with Crippen LogP contribution < -0.4 is 15.2 Å². The summed E-state index contributed by atoms with van der Waals surface area (Å²) in [6.45, 7) is -0.605. The third-order valence-corrected chi connectivity index (χ3v) is 7.51. The van der Waals surface area contributed by atoms with Gasteiger partial charge in [-0.3, -0.25) is 29.4 Å². The smallest absolute Gasteiger partial charge is 0.247 e. The van der Waals surface area contributed by atoms with Gasteiger partial charge in [-0.05, 0) is 48.7 Å². The Bertz CT molecular complexity index is 1460. The number of halogens is 1. The second-order valence-corrected chi connectivity index (χ2v) is 10.3. The molecule has 39 heavy (non-hydrogen) atoms. The van der Waals surface area contributed by atoms with Gasteiger partial charge >= 0.3 is 0 Å². The summed E-state index contributed by atoms with van der Waals surface area (Å²) in [5.74, 6) is -0.823. The van der Waals surface area contributed by atoms with Gasteiger partial charge in [-0.15, -0.1) is 0 Å². The number of aromatic nitrogens is 2. The largest absolute Gasteiger partial charge is 0.324 e. The van der Waals surface area contributed by atoms with E-state index in [0.29, 0.717) is 23.0 Å². The van der Waals surface area contributed by atoms with Gasteiger partial charge in [-0.1, -0.05) is 36.1 Å². The first-order valence-electron chi connectivity index (χ1n) is 12.6. The molecule has 2 aliphatic rings. The van der Waals surface area contributed by atoms with Crippen LogP contribution >= 0.6 is 11.6 Å². The summed E-state index contributed by atoms with van der Waals surface area (Å²) in [5, 5.41) is 20.3. The first kappa shape index (κ1) is 26.3. The van der Waals surface area contributed by atoms with Crippen LogP contribution in [0.1, 0.15) is 25.7 Å². The van der Waals surface area contributed by atoms with Crippen LogP contribution in [-0.2, 0) is 21.4 Å². The van der Waals surface area contributed by atoms with Crippen LogP contribution in [0.15, 0.2) is 47.8 Å². The third kappa shape index (κ3) is 5.32. The Balaban J connectivity index is 1.39. The number of carbonyl (C=O) groups is 3. The molecular formula is C26H28ClN9O3. The SMILES string of the molecule is Cn1cc2cc(NC(=O)C(CC3CCC3)N3CC(=O)N(c4cc(Cl)ccc4N(C=N)N=N)CC3=O)ccc2n1. The topological polar surface area (TPSA) is 151 Å². The lowest BCUT2D eigenvalue weighted by molar-refractivity contribution is -0.144. The lowest BCUT2D eigenvalue weighted by Gasteiger charge is -2.40. The molecule has 2 heterocycles. The van der Waals surface area contributed by atoms with E-state index >= 15 is 0 Å². The summed E-state index contributed by atoms with van der Waals surface area (Å²) in [6.07, 6.45) is 6.20. The zero-order valence-electron chi connectivity index (χ0n) is 21.3. The molecule has 1 aromatic heterocycles. The molecule has 2 aromatic carbocycles. The van der Waals surface area contributed by atoms with E-state index in [1.807, 2.05) is 25.4 Å². The number of nitrogens with zero attached hydrogens (tertiary/aromatic N) is 6. The highest BCUT2D eigenvalue weighted by Gasteiger charge is 2.40. The molecule has 2 fully saturated rings. The average molecular weight is 550 g/mol. The summed E-state index contributed by atoms with van der Waals surface area (Å²) >= 11 is 6.18. The van der Waals surface area contributed by atoms with Crippen molar-refractivity contribution in [2.24, 2.45) is 18.2 Å². The minimum atomic E-state index is -0.807. The number of nitrogens with one attached hydrogen (secondary N) is 3. The normalized spacial score (nSPS) is 16.7. The van der Waals surface area contributed by atoms with Crippen LogP contribution in [0, 0.1) is 16.9 Å². The molecule has 1 unspecified atom stereocenters. The van der Waals surface area contributed by atoms with Gasteiger partial charge < -0.3 is 10.2 Å². The van der Waals surface area contributed by atoms with Crippen molar-refractivity contribution in [3.63, 3.8) is 0 Å². The summed E-state index contributed by atoms with van der Waals surface area (Å²) in [5.41, 5.74) is 9.26. The number of hydrogen-bond donors (Lipinski definition) is 3. The Kier molecular flexibility index (Phi) is 7.29. The van der Waals surface area contributed by atoms with E-state index in [1.54, 1.807) is 16.8 Å². The Morgan fingerprint density at radius 1 is 1.23 bits per heavy atom. The molecule has 1 saturated heterocycles. The van der Waals surface area contributed by atoms with E-state index in [-0.39, 0.29) is 36.3 Å². The van der Waals surface area contributed by atoms with Gasteiger partial charge in [0.2, 0.25) is 17.7 Å². The van der Waals surface area contributed by atoms with Crippen molar-refractivity contribution in [2.75, 3.05) is 28.3 Å². The standard InChI is InChI=1S/C26H28ClN9O3/c1-33-12-17-10-19(6-7-20(17)31-33)30-26(39)23(9-16-3-2-4-16)35-14-24(37)34(13-25(35)38)22-11-18(27)5-8-21(22)36(15-28)32-29/h5-8,10-12,15-16,23,28-29H,2-4,9,13-14H2,1H3,(H,30,39). The molecule has 3 amide bonds. The maximum absolute atomic E-state index is 13.6. The maximum Gasteiger partial charge on any atom is 0.247 e. The van der Waals surface area contributed by atoms with Gasteiger partial charge in [0.1, 0.15) is 25.5 Å². The molecule has 1 aliphatic heterocycles. The number of rotatable bonds is 9. The van der Waals surface area contributed by atoms with Crippen LogP contribution in [0.5, 0.6) is 0 Å². The third-order valence-electron chi connectivity index (χ3n) is 7.27. The molecule has 3 N–H and O–H groups in total. The van der Waals surface area contributed by atoms with Crippen LogP contribution in [0.25, 0.3) is 10.9 Å². The fraction of sp³-hybridized carbons (Fsp3) is 0.346. The van der Waals surface area contributed by atoms with E-state index < -0.39 is 11.9 Å². The summed E-state index contributed by atoms with van der Waals surface area (Å²) < 4.78 is 1.70. The van der Waals surface area contributed by atoms with Gasteiger partial charge in [0.25, 0.3) is 0 Å². The fourth-order valence-electron chi connectivity index (χ4n) is 5.07.